The van der Waals surface area contributed by atoms with E-state index in [0.29, 0.717) is 5.92 Å². The molecule has 3 atom stereocenters. The molecule has 3 N–H and O–H groups in total. The van der Waals surface area contributed by atoms with E-state index < -0.39 is 0 Å². The summed E-state index contributed by atoms with van der Waals surface area (Å²) in [5.41, 5.74) is 5.74. The minimum atomic E-state index is 0.103. The summed E-state index contributed by atoms with van der Waals surface area (Å²) in [5.74, 6) is 0.833. The van der Waals surface area contributed by atoms with Crippen molar-refractivity contribution in [2.45, 2.75) is 65.3 Å². The van der Waals surface area contributed by atoms with E-state index >= 15 is 0 Å². The monoisotopic (exact) mass is 297 g/mol. The Balaban J connectivity index is 2.12. The molecule has 0 aromatic carbocycles. The van der Waals surface area contributed by atoms with E-state index in [1.54, 1.807) is 0 Å². The van der Waals surface area contributed by atoms with Crippen molar-refractivity contribution >= 4 is 5.91 Å². The molecular formula is C17H35N3O. The summed E-state index contributed by atoms with van der Waals surface area (Å²) < 4.78 is 0. The smallest absolute Gasteiger partial charge is 0.222 e. The minimum Gasteiger partial charge on any atom is -0.356 e. The highest BCUT2D eigenvalue weighted by molar-refractivity contribution is 5.78. The van der Waals surface area contributed by atoms with E-state index in [0.717, 1.165) is 32.4 Å². The first-order valence-corrected chi connectivity index (χ1v) is 8.74. The van der Waals surface area contributed by atoms with E-state index in [1.165, 1.54) is 32.4 Å². The quantitative estimate of drug-likeness (QED) is 0.687. The van der Waals surface area contributed by atoms with Crippen LogP contribution in [0.5, 0.6) is 0 Å². The van der Waals surface area contributed by atoms with Gasteiger partial charge in [-0.2, -0.15) is 0 Å². The van der Waals surface area contributed by atoms with Crippen LogP contribution < -0.4 is 11.1 Å². The lowest BCUT2D eigenvalue weighted by Gasteiger charge is -2.29. The first-order chi connectivity index (χ1) is 9.99. The zero-order valence-electron chi connectivity index (χ0n) is 14.2. The molecule has 1 rings (SSSR count). The topological polar surface area (TPSA) is 58.4 Å². The van der Waals surface area contributed by atoms with Crippen LogP contribution >= 0.6 is 0 Å². The van der Waals surface area contributed by atoms with E-state index in [4.69, 9.17) is 5.73 Å². The lowest BCUT2D eigenvalue weighted by atomic mass is 10.0. The molecule has 0 aromatic heterocycles. The van der Waals surface area contributed by atoms with Crippen LogP contribution in [0.1, 0.15) is 59.3 Å². The second kappa shape index (κ2) is 10.2. The Hall–Kier alpha value is -0.610. The van der Waals surface area contributed by atoms with Crippen LogP contribution in [0.15, 0.2) is 0 Å². The van der Waals surface area contributed by atoms with Crippen molar-refractivity contribution in [3.05, 3.63) is 0 Å². The Morgan fingerprint density at radius 3 is 2.43 bits per heavy atom. The Kier molecular flexibility index (Phi) is 8.93. The number of carbonyl (C=O) groups is 1. The van der Waals surface area contributed by atoms with Crippen molar-refractivity contribution in [1.29, 1.82) is 0 Å². The highest BCUT2D eigenvalue weighted by atomic mass is 16.1. The number of nitrogens with one attached hydrogen (secondary N) is 1. The maximum Gasteiger partial charge on any atom is 0.222 e. The predicted octanol–water partition coefficient (Wildman–Crippen LogP) is 2.38. The molecule has 0 saturated carbocycles. The highest BCUT2D eigenvalue weighted by Crippen LogP contribution is 2.12. The summed E-state index contributed by atoms with van der Waals surface area (Å²) in [4.78, 5) is 14.6. The number of nitrogens with zero attached hydrogens (tertiary/aromatic N) is 1. The molecule has 1 amide bonds. The second-order valence-corrected chi connectivity index (χ2v) is 7.02. The zero-order chi connectivity index (χ0) is 15.7. The van der Waals surface area contributed by atoms with Gasteiger partial charge in [0.1, 0.15) is 0 Å². The maximum absolute atomic E-state index is 12.1. The molecule has 1 aliphatic heterocycles. The molecule has 3 unspecified atom stereocenters. The van der Waals surface area contributed by atoms with Gasteiger partial charge in [-0.25, -0.2) is 0 Å². The minimum absolute atomic E-state index is 0.103. The van der Waals surface area contributed by atoms with E-state index in [-0.39, 0.29) is 17.9 Å². The van der Waals surface area contributed by atoms with Gasteiger partial charge in [-0.1, -0.05) is 26.7 Å². The third-order valence-corrected chi connectivity index (χ3v) is 4.39. The van der Waals surface area contributed by atoms with Crippen LogP contribution in [0.3, 0.4) is 0 Å². The number of hydrogen-bond donors (Lipinski definition) is 2. The summed E-state index contributed by atoms with van der Waals surface area (Å²) in [7, 11) is 0. The Morgan fingerprint density at radius 1 is 1.14 bits per heavy atom. The number of rotatable bonds is 9. The summed E-state index contributed by atoms with van der Waals surface area (Å²) in [6.07, 6.45) is 7.01. The van der Waals surface area contributed by atoms with Crippen molar-refractivity contribution in [2.24, 2.45) is 17.6 Å². The lowest BCUT2D eigenvalue weighted by Crippen LogP contribution is -2.39. The van der Waals surface area contributed by atoms with Gasteiger partial charge in [-0.3, -0.25) is 4.79 Å². The molecule has 0 radical (unpaired) electrons. The number of carbonyl (C=O) groups excluding carboxylic acids is 1. The summed E-state index contributed by atoms with van der Waals surface area (Å²) in [5, 5.41) is 3.11. The van der Waals surface area contributed by atoms with Gasteiger partial charge < -0.3 is 16.0 Å². The average Bonchev–Trinajstić information content (AvgIpc) is 2.45. The third kappa shape index (κ3) is 8.42. The largest absolute Gasteiger partial charge is 0.356 e. The molecule has 1 fully saturated rings. The molecule has 1 aliphatic rings. The van der Waals surface area contributed by atoms with Crippen molar-refractivity contribution in [3.63, 3.8) is 0 Å². The van der Waals surface area contributed by atoms with Crippen molar-refractivity contribution in [1.82, 2.24) is 10.2 Å². The van der Waals surface area contributed by atoms with Crippen molar-refractivity contribution < 1.29 is 4.79 Å². The number of nitrogens with two attached hydrogens (primary N) is 1. The summed E-state index contributed by atoms with van der Waals surface area (Å²) >= 11 is 0. The fourth-order valence-electron chi connectivity index (χ4n) is 2.97. The molecule has 0 aliphatic carbocycles. The second-order valence-electron chi connectivity index (χ2n) is 7.02. The van der Waals surface area contributed by atoms with Gasteiger partial charge in [0.25, 0.3) is 0 Å². The lowest BCUT2D eigenvalue weighted by molar-refractivity contribution is -0.124. The fourth-order valence-corrected chi connectivity index (χ4v) is 2.97. The summed E-state index contributed by atoms with van der Waals surface area (Å²) in [6.45, 7) is 10.6. The van der Waals surface area contributed by atoms with Gasteiger partial charge in [-0.15, -0.1) is 0 Å². The Labute approximate surface area is 130 Å². The standard InChI is InChI=1S/C17H35N3O/c1-14(13-20-10-5-4-6-11-20)12-19-17(21)15(2)8-7-9-16(3)18/h14-16H,4-13,18H2,1-3H3,(H,19,21). The molecule has 0 spiro atoms. The Morgan fingerprint density at radius 2 is 1.81 bits per heavy atom. The molecule has 0 aromatic rings. The van der Waals surface area contributed by atoms with E-state index in [1.807, 2.05) is 13.8 Å². The molecule has 4 heteroatoms. The SMILES string of the molecule is CC(N)CCCC(C)C(=O)NCC(C)CN1CCCCC1. The number of likely N-dealkylation sites (tertiary alicyclic amines) is 1. The van der Waals surface area contributed by atoms with E-state index in [2.05, 4.69) is 17.1 Å². The van der Waals surface area contributed by atoms with Crippen molar-refractivity contribution in [3.8, 4) is 0 Å². The van der Waals surface area contributed by atoms with Gasteiger partial charge >= 0.3 is 0 Å². The van der Waals surface area contributed by atoms with Crippen LogP contribution in [0.25, 0.3) is 0 Å². The normalized spacial score (nSPS) is 20.8. The average molecular weight is 297 g/mol. The van der Waals surface area contributed by atoms with Crippen LogP contribution in [0.2, 0.25) is 0 Å². The summed E-state index contributed by atoms with van der Waals surface area (Å²) in [6, 6.07) is 0.241. The van der Waals surface area contributed by atoms with Gasteiger partial charge in [0.05, 0.1) is 0 Å². The molecule has 1 heterocycles. The molecule has 4 nitrogen and oxygen atoms in total. The zero-order valence-corrected chi connectivity index (χ0v) is 14.2. The molecule has 1 saturated heterocycles. The Bertz CT molecular complexity index is 288. The molecule has 0 bridgehead atoms. The van der Waals surface area contributed by atoms with Crippen LogP contribution in [0.4, 0.5) is 0 Å². The van der Waals surface area contributed by atoms with Crippen LogP contribution in [-0.2, 0) is 4.79 Å². The van der Waals surface area contributed by atoms with Gasteiger partial charge in [0.2, 0.25) is 5.91 Å². The first-order valence-electron chi connectivity index (χ1n) is 8.74. The number of piperidine rings is 1. The van der Waals surface area contributed by atoms with Gasteiger partial charge in [0.15, 0.2) is 0 Å². The van der Waals surface area contributed by atoms with E-state index in [9.17, 15) is 4.79 Å². The molecule has 21 heavy (non-hydrogen) atoms. The molecular weight excluding hydrogens is 262 g/mol. The van der Waals surface area contributed by atoms with Crippen molar-refractivity contribution in [2.75, 3.05) is 26.2 Å². The predicted molar refractivity (Wildman–Crippen MR) is 89.1 cm³/mol. The van der Waals surface area contributed by atoms with Crippen LogP contribution in [0, 0.1) is 11.8 Å². The number of hydrogen-bond acceptors (Lipinski definition) is 3. The third-order valence-electron chi connectivity index (χ3n) is 4.39. The highest BCUT2D eigenvalue weighted by Gasteiger charge is 2.16. The van der Waals surface area contributed by atoms with Gasteiger partial charge in [-0.05, 0) is 51.6 Å². The van der Waals surface area contributed by atoms with Gasteiger partial charge in [0, 0.05) is 25.0 Å². The molecule has 124 valence electrons. The maximum atomic E-state index is 12.1. The fraction of sp³-hybridized carbons (Fsp3) is 0.941. The first kappa shape index (κ1) is 18.4. The van der Waals surface area contributed by atoms with Crippen LogP contribution in [-0.4, -0.2) is 43.0 Å². The number of amides is 1.